The molecule has 0 aliphatic rings. The van der Waals surface area contributed by atoms with Gasteiger partial charge in [-0.1, -0.05) is 30.3 Å². The molecule has 2 aromatic rings. The Labute approximate surface area is 128 Å². The van der Waals surface area contributed by atoms with Crippen molar-refractivity contribution in [1.82, 2.24) is 4.98 Å². The van der Waals surface area contributed by atoms with E-state index in [1.807, 2.05) is 30.3 Å². The highest BCUT2D eigenvalue weighted by Gasteiger charge is 2.16. The van der Waals surface area contributed by atoms with Crippen molar-refractivity contribution in [3.63, 3.8) is 0 Å². The zero-order chi connectivity index (χ0) is 15.9. The molecule has 0 bridgehead atoms. The van der Waals surface area contributed by atoms with E-state index in [0.717, 1.165) is 5.56 Å². The van der Waals surface area contributed by atoms with E-state index in [1.54, 1.807) is 6.07 Å². The predicted molar refractivity (Wildman–Crippen MR) is 81.4 cm³/mol. The van der Waals surface area contributed by atoms with E-state index in [4.69, 9.17) is 20.3 Å². The van der Waals surface area contributed by atoms with Crippen molar-refractivity contribution < 1.29 is 19.4 Å². The number of ether oxygens (including phenoxy) is 2. The zero-order valence-electron chi connectivity index (χ0n) is 12.2. The quantitative estimate of drug-likeness (QED) is 0.809. The average molecular weight is 302 g/mol. The molecule has 0 fully saturated rings. The minimum atomic E-state index is -1.18. The molecule has 0 unspecified atom stereocenters. The van der Waals surface area contributed by atoms with Gasteiger partial charge in [0.05, 0.1) is 7.11 Å². The van der Waals surface area contributed by atoms with Crippen LogP contribution in [0, 0.1) is 0 Å². The van der Waals surface area contributed by atoms with E-state index in [0.29, 0.717) is 6.42 Å². The number of nitrogens with zero attached hydrogens (tertiary/aromatic N) is 1. The number of carbonyl (C=O) groups is 1. The summed E-state index contributed by atoms with van der Waals surface area (Å²) in [6, 6.07) is 12.6. The highest BCUT2D eigenvalue weighted by Crippen LogP contribution is 2.20. The van der Waals surface area contributed by atoms with E-state index in [2.05, 4.69) is 4.98 Å². The van der Waals surface area contributed by atoms with Crippen LogP contribution in [0.25, 0.3) is 0 Å². The van der Waals surface area contributed by atoms with Crippen LogP contribution in [-0.2, 0) is 6.42 Å². The normalized spacial score (nSPS) is 11.7. The molecule has 1 aromatic heterocycles. The van der Waals surface area contributed by atoms with Crippen LogP contribution in [0.1, 0.15) is 16.1 Å². The van der Waals surface area contributed by atoms with Crippen LogP contribution >= 0.6 is 0 Å². The van der Waals surface area contributed by atoms with Gasteiger partial charge >= 0.3 is 5.97 Å². The number of aromatic carboxylic acids is 1. The summed E-state index contributed by atoms with van der Waals surface area (Å²) in [6.07, 6.45) is 0.646. The fourth-order valence-corrected chi connectivity index (χ4v) is 1.98. The molecule has 0 saturated carbocycles. The van der Waals surface area contributed by atoms with Gasteiger partial charge in [0.25, 0.3) is 0 Å². The van der Waals surface area contributed by atoms with Gasteiger partial charge in [0.1, 0.15) is 6.61 Å². The van der Waals surface area contributed by atoms with Crippen molar-refractivity contribution in [3.8, 4) is 11.6 Å². The molecule has 3 N–H and O–H groups in total. The molecule has 0 aliphatic carbocycles. The molecule has 116 valence electrons. The molecule has 1 heterocycles. The largest absolute Gasteiger partial charge is 0.489 e. The van der Waals surface area contributed by atoms with Gasteiger partial charge in [-0.3, -0.25) is 0 Å². The van der Waals surface area contributed by atoms with Gasteiger partial charge in [0, 0.05) is 12.1 Å². The number of carboxylic acids is 1. The number of methoxy groups -OCH3 is 1. The third-order valence-corrected chi connectivity index (χ3v) is 3.04. The molecule has 22 heavy (non-hydrogen) atoms. The number of hydrogen-bond acceptors (Lipinski definition) is 5. The summed E-state index contributed by atoms with van der Waals surface area (Å²) in [5, 5.41) is 9.16. The Kier molecular flexibility index (Phi) is 5.32. The van der Waals surface area contributed by atoms with Crippen molar-refractivity contribution in [1.29, 1.82) is 0 Å². The maximum atomic E-state index is 11.2. The Morgan fingerprint density at radius 1 is 1.27 bits per heavy atom. The summed E-state index contributed by atoms with van der Waals surface area (Å²) in [4.78, 5) is 15.1. The summed E-state index contributed by atoms with van der Waals surface area (Å²) in [6.45, 7) is 0.198. The minimum absolute atomic E-state index is 0.178. The lowest BCUT2D eigenvalue weighted by Gasteiger charge is -2.14. The topological polar surface area (TPSA) is 94.7 Å². The summed E-state index contributed by atoms with van der Waals surface area (Å²) in [5.74, 6) is -0.777. The van der Waals surface area contributed by atoms with E-state index in [1.165, 1.54) is 13.2 Å². The van der Waals surface area contributed by atoms with E-state index in [-0.39, 0.29) is 30.0 Å². The first-order valence-corrected chi connectivity index (χ1v) is 6.80. The monoisotopic (exact) mass is 302 g/mol. The molecule has 6 nitrogen and oxygen atoms in total. The summed E-state index contributed by atoms with van der Waals surface area (Å²) in [7, 11) is 1.42. The van der Waals surface area contributed by atoms with Crippen LogP contribution in [0.15, 0.2) is 42.5 Å². The van der Waals surface area contributed by atoms with Crippen molar-refractivity contribution in [2.45, 2.75) is 12.5 Å². The van der Waals surface area contributed by atoms with Crippen LogP contribution in [0.3, 0.4) is 0 Å². The Bertz CT molecular complexity index is 631. The van der Waals surface area contributed by atoms with Crippen molar-refractivity contribution in [3.05, 3.63) is 53.7 Å². The zero-order valence-corrected chi connectivity index (χ0v) is 12.2. The molecule has 0 amide bonds. The van der Waals surface area contributed by atoms with Gasteiger partial charge in [0.2, 0.25) is 5.88 Å². The van der Waals surface area contributed by atoms with Crippen molar-refractivity contribution in [2.24, 2.45) is 5.73 Å². The smallest absolute Gasteiger partial charge is 0.358 e. The molecule has 1 aromatic carbocycles. The number of benzene rings is 1. The molecule has 2 rings (SSSR count). The van der Waals surface area contributed by atoms with E-state index in [9.17, 15) is 4.79 Å². The molecular formula is C16H18N2O4. The van der Waals surface area contributed by atoms with Gasteiger partial charge < -0.3 is 20.3 Å². The number of hydrogen-bond donors (Lipinski definition) is 2. The fourth-order valence-electron chi connectivity index (χ4n) is 1.98. The maximum Gasteiger partial charge on any atom is 0.358 e. The number of aromatic nitrogens is 1. The molecule has 6 heteroatoms. The Morgan fingerprint density at radius 3 is 2.64 bits per heavy atom. The van der Waals surface area contributed by atoms with Gasteiger partial charge in [0.15, 0.2) is 11.4 Å². The first-order valence-electron chi connectivity index (χ1n) is 6.80. The Morgan fingerprint density at radius 2 is 2.00 bits per heavy atom. The lowest BCUT2D eigenvalue weighted by atomic mass is 10.1. The predicted octanol–water partition coefficient (Wildman–Crippen LogP) is 1.74. The molecule has 0 aliphatic heterocycles. The Hall–Kier alpha value is -2.60. The fraction of sp³-hybridized carbons (Fsp3) is 0.250. The summed E-state index contributed by atoms with van der Waals surface area (Å²) in [5.41, 5.74) is 6.93. The standard InChI is InChI=1S/C16H18N2O4/c1-21-14-8-7-13(15(18-14)16(19)20)22-10-12(17)9-11-5-3-2-4-6-11/h2-8,12H,9-10,17H2,1H3,(H,19,20)/t12-/m1/s1. The van der Waals surface area contributed by atoms with Crippen molar-refractivity contribution in [2.75, 3.05) is 13.7 Å². The lowest BCUT2D eigenvalue weighted by Crippen LogP contribution is -2.30. The minimum Gasteiger partial charge on any atom is -0.489 e. The maximum absolute atomic E-state index is 11.2. The van der Waals surface area contributed by atoms with Crippen LogP contribution in [0.5, 0.6) is 11.6 Å². The third kappa shape index (κ3) is 4.20. The third-order valence-electron chi connectivity index (χ3n) is 3.04. The van der Waals surface area contributed by atoms with Crippen molar-refractivity contribution >= 4 is 5.97 Å². The molecule has 0 radical (unpaired) electrons. The second-order valence-corrected chi connectivity index (χ2v) is 4.77. The Balaban J connectivity index is 2.00. The van der Waals surface area contributed by atoms with Gasteiger partial charge in [-0.25, -0.2) is 9.78 Å². The number of nitrogens with two attached hydrogens (primary N) is 1. The summed E-state index contributed by atoms with van der Waals surface area (Å²) >= 11 is 0. The average Bonchev–Trinajstić information content (AvgIpc) is 2.53. The van der Waals surface area contributed by atoms with Crippen LogP contribution in [0.2, 0.25) is 0 Å². The van der Waals surface area contributed by atoms with Gasteiger partial charge in [-0.2, -0.15) is 0 Å². The van der Waals surface area contributed by atoms with Crippen LogP contribution in [-0.4, -0.2) is 35.8 Å². The second kappa shape index (κ2) is 7.42. The van der Waals surface area contributed by atoms with Gasteiger partial charge in [-0.05, 0) is 18.1 Å². The highest BCUT2D eigenvalue weighted by molar-refractivity contribution is 5.88. The first kappa shape index (κ1) is 15.8. The first-order chi connectivity index (χ1) is 10.6. The SMILES string of the molecule is COc1ccc(OC[C@H](N)Cc2ccccc2)c(C(=O)O)n1. The molecule has 0 saturated heterocycles. The van der Waals surface area contributed by atoms with Crippen LogP contribution in [0.4, 0.5) is 0 Å². The molecule has 0 spiro atoms. The van der Waals surface area contributed by atoms with Crippen LogP contribution < -0.4 is 15.2 Å². The molecule has 1 atom stereocenters. The number of rotatable bonds is 7. The number of pyridine rings is 1. The second-order valence-electron chi connectivity index (χ2n) is 4.77. The molecular weight excluding hydrogens is 284 g/mol. The van der Waals surface area contributed by atoms with Gasteiger partial charge in [-0.15, -0.1) is 0 Å². The number of carboxylic acid groups (broad SMARTS) is 1. The lowest BCUT2D eigenvalue weighted by molar-refractivity contribution is 0.0683. The summed E-state index contributed by atoms with van der Waals surface area (Å²) < 4.78 is 10.4. The van der Waals surface area contributed by atoms with E-state index < -0.39 is 5.97 Å². The van der Waals surface area contributed by atoms with E-state index >= 15 is 0 Å². The highest BCUT2D eigenvalue weighted by atomic mass is 16.5.